The first-order valence-electron chi connectivity index (χ1n) is 8.73. The molecule has 2 heterocycles. The molecule has 134 valence electrons. The van der Waals surface area contributed by atoms with Crippen LogP contribution in [0.5, 0.6) is 11.5 Å². The summed E-state index contributed by atoms with van der Waals surface area (Å²) in [6.07, 6.45) is 3.50. The third kappa shape index (κ3) is 3.62. The lowest BCUT2D eigenvalue weighted by Crippen LogP contribution is -2.35. The van der Waals surface area contributed by atoms with Gasteiger partial charge in [-0.1, -0.05) is 19.1 Å². The Balaban J connectivity index is 1.60. The highest BCUT2D eigenvalue weighted by Gasteiger charge is 2.23. The van der Waals surface area contributed by atoms with Crippen LogP contribution in [0.3, 0.4) is 0 Å². The molecule has 0 saturated heterocycles. The maximum absolute atomic E-state index is 12.4. The van der Waals surface area contributed by atoms with Crippen LogP contribution in [0, 0.1) is 12.8 Å². The van der Waals surface area contributed by atoms with E-state index >= 15 is 0 Å². The van der Waals surface area contributed by atoms with Gasteiger partial charge in [0.1, 0.15) is 0 Å². The van der Waals surface area contributed by atoms with Crippen molar-refractivity contribution in [3.8, 4) is 11.5 Å². The number of fused-ring (bicyclic) bond motifs is 1. The van der Waals surface area contributed by atoms with Crippen molar-refractivity contribution in [2.75, 3.05) is 20.3 Å². The number of carbonyl (C=O) groups is 1. The first-order valence-corrected chi connectivity index (χ1v) is 8.73. The van der Waals surface area contributed by atoms with Crippen LogP contribution in [0.2, 0.25) is 0 Å². The van der Waals surface area contributed by atoms with E-state index in [1.54, 1.807) is 13.3 Å². The molecule has 3 rings (SSSR count). The second-order valence-corrected chi connectivity index (χ2v) is 6.41. The average Bonchev–Trinajstić information content (AvgIpc) is 3.00. The molecular formula is C19H25N3O3. The highest BCUT2D eigenvalue weighted by molar-refractivity contribution is 5.95. The minimum absolute atomic E-state index is 0.0729. The Labute approximate surface area is 148 Å². The molecule has 2 aromatic rings. The number of rotatable bonds is 6. The van der Waals surface area contributed by atoms with Crippen molar-refractivity contribution in [3.63, 3.8) is 0 Å². The van der Waals surface area contributed by atoms with Gasteiger partial charge in [0, 0.05) is 24.7 Å². The van der Waals surface area contributed by atoms with Gasteiger partial charge in [0.2, 0.25) is 0 Å². The summed E-state index contributed by atoms with van der Waals surface area (Å²) < 4.78 is 13.1. The lowest BCUT2D eigenvalue weighted by atomic mass is 9.96. The number of amides is 1. The van der Waals surface area contributed by atoms with E-state index < -0.39 is 0 Å². The van der Waals surface area contributed by atoms with Gasteiger partial charge in [-0.05, 0) is 31.4 Å². The van der Waals surface area contributed by atoms with Crippen molar-refractivity contribution < 1.29 is 14.3 Å². The van der Waals surface area contributed by atoms with Crippen molar-refractivity contribution in [2.24, 2.45) is 5.92 Å². The number of nitrogens with one attached hydrogen (secondary N) is 1. The number of ether oxygens (including phenoxy) is 2. The van der Waals surface area contributed by atoms with Crippen LogP contribution in [0.25, 0.3) is 0 Å². The molecule has 0 saturated carbocycles. The van der Waals surface area contributed by atoms with Crippen LogP contribution in [0.15, 0.2) is 24.4 Å². The quantitative estimate of drug-likeness (QED) is 0.875. The highest BCUT2D eigenvalue weighted by atomic mass is 16.5. The molecule has 0 radical (unpaired) electrons. The minimum Gasteiger partial charge on any atom is -0.493 e. The Morgan fingerprint density at radius 1 is 1.48 bits per heavy atom. The highest BCUT2D eigenvalue weighted by Crippen LogP contribution is 2.35. The standard InChI is InChI=1S/C19H25N3O3/c1-4-8-22-13(2)16(11-21-22)19(23)20-10-14-9-15-6-5-7-17(24-3)18(15)25-12-14/h5-7,11,14H,4,8-10,12H2,1-3H3,(H,20,23)/t14-/m1/s1. The number of aromatic nitrogens is 2. The Morgan fingerprint density at radius 3 is 3.08 bits per heavy atom. The van der Waals surface area contributed by atoms with Gasteiger partial charge in [-0.25, -0.2) is 0 Å². The number of hydrogen-bond donors (Lipinski definition) is 1. The third-order valence-corrected chi connectivity index (χ3v) is 4.59. The SMILES string of the molecule is CCCn1ncc(C(=O)NC[C@@H]2COc3c(cccc3OC)C2)c1C. The van der Waals surface area contributed by atoms with Crippen LogP contribution in [0.1, 0.15) is 35.0 Å². The predicted molar refractivity (Wildman–Crippen MR) is 95.3 cm³/mol. The maximum atomic E-state index is 12.4. The van der Waals surface area contributed by atoms with E-state index in [2.05, 4.69) is 17.3 Å². The minimum atomic E-state index is -0.0729. The predicted octanol–water partition coefficient (Wildman–Crippen LogP) is 2.59. The summed E-state index contributed by atoms with van der Waals surface area (Å²) in [6, 6.07) is 5.91. The largest absolute Gasteiger partial charge is 0.493 e. The van der Waals surface area contributed by atoms with E-state index in [9.17, 15) is 4.79 Å². The first kappa shape index (κ1) is 17.3. The Bertz CT molecular complexity index is 754. The monoisotopic (exact) mass is 343 g/mol. The molecule has 1 aliphatic rings. The molecule has 6 nitrogen and oxygen atoms in total. The van der Waals surface area contributed by atoms with Crippen molar-refractivity contribution in [1.82, 2.24) is 15.1 Å². The van der Waals surface area contributed by atoms with Crippen LogP contribution < -0.4 is 14.8 Å². The van der Waals surface area contributed by atoms with Crippen molar-refractivity contribution in [1.29, 1.82) is 0 Å². The zero-order valence-corrected chi connectivity index (χ0v) is 15.0. The Hall–Kier alpha value is -2.50. The number of para-hydroxylation sites is 1. The van der Waals surface area contributed by atoms with Gasteiger partial charge in [-0.2, -0.15) is 5.10 Å². The van der Waals surface area contributed by atoms with E-state index in [0.717, 1.165) is 42.1 Å². The number of methoxy groups -OCH3 is 1. The topological polar surface area (TPSA) is 65.4 Å². The van der Waals surface area contributed by atoms with Crippen molar-refractivity contribution >= 4 is 5.91 Å². The average molecular weight is 343 g/mol. The summed E-state index contributed by atoms with van der Waals surface area (Å²) >= 11 is 0. The van der Waals surface area contributed by atoms with E-state index in [4.69, 9.17) is 9.47 Å². The fourth-order valence-corrected chi connectivity index (χ4v) is 3.19. The number of aryl methyl sites for hydroxylation is 1. The van der Waals surface area contributed by atoms with Gasteiger partial charge >= 0.3 is 0 Å². The molecule has 1 aliphatic heterocycles. The molecule has 0 spiro atoms. The molecule has 1 amide bonds. The van der Waals surface area contributed by atoms with E-state index in [1.807, 2.05) is 29.8 Å². The van der Waals surface area contributed by atoms with E-state index in [1.165, 1.54) is 0 Å². The van der Waals surface area contributed by atoms with Crippen molar-refractivity contribution in [3.05, 3.63) is 41.2 Å². The summed E-state index contributed by atoms with van der Waals surface area (Å²) in [5.41, 5.74) is 2.68. The van der Waals surface area contributed by atoms with Gasteiger partial charge < -0.3 is 14.8 Å². The molecule has 0 fully saturated rings. The smallest absolute Gasteiger partial charge is 0.254 e. The summed E-state index contributed by atoms with van der Waals surface area (Å²) in [7, 11) is 1.65. The molecule has 25 heavy (non-hydrogen) atoms. The number of carbonyl (C=O) groups excluding carboxylic acids is 1. The third-order valence-electron chi connectivity index (χ3n) is 4.59. The van der Waals surface area contributed by atoms with Gasteiger partial charge in [0.15, 0.2) is 11.5 Å². The van der Waals surface area contributed by atoms with Crippen LogP contribution in [-0.4, -0.2) is 35.9 Å². The van der Waals surface area contributed by atoms with E-state index in [0.29, 0.717) is 18.7 Å². The Morgan fingerprint density at radius 2 is 2.32 bits per heavy atom. The Kier molecular flexibility index (Phi) is 5.26. The molecular weight excluding hydrogens is 318 g/mol. The first-order chi connectivity index (χ1) is 12.1. The summed E-state index contributed by atoms with van der Waals surface area (Å²) in [4.78, 5) is 12.4. The van der Waals surface area contributed by atoms with E-state index in [-0.39, 0.29) is 11.8 Å². The van der Waals surface area contributed by atoms with Gasteiger partial charge in [-0.15, -0.1) is 0 Å². The number of nitrogens with zero attached hydrogens (tertiary/aromatic N) is 2. The van der Waals surface area contributed by atoms with Gasteiger partial charge in [-0.3, -0.25) is 9.48 Å². The van der Waals surface area contributed by atoms with Gasteiger partial charge in [0.25, 0.3) is 5.91 Å². The zero-order chi connectivity index (χ0) is 17.8. The van der Waals surface area contributed by atoms with Crippen LogP contribution in [-0.2, 0) is 13.0 Å². The van der Waals surface area contributed by atoms with Crippen LogP contribution >= 0.6 is 0 Å². The molecule has 1 atom stereocenters. The molecule has 0 aliphatic carbocycles. The number of hydrogen-bond acceptors (Lipinski definition) is 4. The molecule has 0 bridgehead atoms. The molecule has 0 unspecified atom stereocenters. The van der Waals surface area contributed by atoms with Gasteiger partial charge in [0.05, 0.1) is 25.5 Å². The van der Waals surface area contributed by atoms with Crippen molar-refractivity contribution in [2.45, 2.75) is 33.2 Å². The summed E-state index contributed by atoms with van der Waals surface area (Å²) in [6.45, 7) is 6.00. The lowest BCUT2D eigenvalue weighted by molar-refractivity contribution is 0.0937. The second kappa shape index (κ2) is 7.59. The fourth-order valence-electron chi connectivity index (χ4n) is 3.19. The fraction of sp³-hybridized carbons (Fsp3) is 0.474. The maximum Gasteiger partial charge on any atom is 0.254 e. The summed E-state index contributed by atoms with van der Waals surface area (Å²) in [5, 5.41) is 7.31. The molecule has 6 heteroatoms. The number of benzene rings is 1. The normalized spacial score (nSPS) is 16.0. The lowest BCUT2D eigenvalue weighted by Gasteiger charge is -2.26. The second-order valence-electron chi connectivity index (χ2n) is 6.41. The summed E-state index contributed by atoms with van der Waals surface area (Å²) in [5.74, 6) is 1.76. The molecule has 1 aromatic heterocycles. The van der Waals surface area contributed by atoms with Crippen LogP contribution in [0.4, 0.5) is 0 Å². The molecule has 1 N–H and O–H groups in total. The molecule has 1 aromatic carbocycles. The zero-order valence-electron chi connectivity index (χ0n) is 15.0.